The molecular formula is C19H21BrN2O2S. The van der Waals surface area contributed by atoms with Crippen LogP contribution in [0, 0.1) is 0 Å². The second-order valence-corrected chi connectivity index (χ2v) is 8.06. The van der Waals surface area contributed by atoms with Gasteiger partial charge in [-0.3, -0.25) is 4.79 Å². The van der Waals surface area contributed by atoms with Crippen molar-refractivity contribution >= 4 is 45.0 Å². The zero-order valence-electron chi connectivity index (χ0n) is 14.1. The van der Waals surface area contributed by atoms with Gasteiger partial charge < -0.3 is 15.0 Å². The number of nitrogens with one attached hydrogen (secondary N) is 1. The Hall–Kier alpha value is -1.50. The van der Waals surface area contributed by atoms with Crippen LogP contribution in [0.15, 0.2) is 57.9 Å². The first-order valence-electron chi connectivity index (χ1n) is 8.28. The van der Waals surface area contributed by atoms with Gasteiger partial charge in [0.25, 0.3) is 0 Å². The lowest BCUT2D eigenvalue weighted by molar-refractivity contribution is -0.115. The number of anilines is 2. The molecule has 0 saturated carbocycles. The fourth-order valence-corrected chi connectivity index (χ4v) is 4.06. The lowest BCUT2D eigenvalue weighted by atomic mass is 10.2. The second-order valence-electron chi connectivity index (χ2n) is 5.83. The minimum atomic E-state index is -0.183. The normalized spacial score (nSPS) is 15.7. The number of hydrogen-bond donors (Lipinski definition) is 1. The summed E-state index contributed by atoms with van der Waals surface area (Å²) in [7, 11) is 0. The Morgan fingerprint density at radius 2 is 1.84 bits per heavy atom. The molecule has 1 aliphatic heterocycles. The van der Waals surface area contributed by atoms with Crippen LogP contribution < -0.4 is 10.2 Å². The molecule has 0 aliphatic carbocycles. The van der Waals surface area contributed by atoms with Crippen molar-refractivity contribution in [1.82, 2.24) is 0 Å². The summed E-state index contributed by atoms with van der Waals surface area (Å²) >= 11 is 5.06. The van der Waals surface area contributed by atoms with Crippen LogP contribution in [0.5, 0.6) is 0 Å². The number of nitrogens with zero attached hydrogens (tertiary/aromatic N) is 1. The Morgan fingerprint density at radius 3 is 2.52 bits per heavy atom. The smallest absolute Gasteiger partial charge is 0.237 e. The van der Waals surface area contributed by atoms with Crippen LogP contribution in [-0.2, 0) is 9.53 Å². The van der Waals surface area contributed by atoms with Crippen LogP contribution in [0.4, 0.5) is 11.4 Å². The molecule has 1 aliphatic rings. The maximum Gasteiger partial charge on any atom is 0.237 e. The molecule has 0 radical (unpaired) electrons. The van der Waals surface area contributed by atoms with Crippen molar-refractivity contribution in [2.24, 2.45) is 0 Å². The second kappa shape index (κ2) is 8.74. The third-order valence-electron chi connectivity index (χ3n) is 4.02. The van der Waals surface area contributed by atoms with Gasteiger partial charge in [-0.2, -0.15) is 0 Å². The van der Waals surface area contributed by atoms with Gasteiger partial charge in [0, 0.05) is 33.8 Å². The van der Waals surface area contributed by atoms with Gasteiger partial charge in [0.05, 0.1) is 18.5 Å². The average Bonchev–Trinajstić information content (AvgIpc) is 2.65. The van der Waals surface area contributed by atoms with Gasteiger partial charge in [-0.1, -0.05) is 12.1 Å². The summed E-state index contributed by atoms with van der Waals surface area (Å²) in [5.74, 6) is -0.000115. The highest BCUT2D eigenvalue weighted by Gasteiger charge is 2.16. The predicted molar refractivity (Wildman–Crippen MR) is 108 cm³/mol. The number of rotatable bonds is 5. The quantitative estimate of drug-likeness (QED) is 0.727. The van der Waals surface area contributed by atoms with Crippen molar-refractivity contribution in [1.29, 1.82) is 0 Å². The molecular weight excluding hydrogens is 400 g/mol. The van der Waals surface area contributed by atoms with Gasteiger partial charge in [-0.15, -0.1) is 11.8 Å². The van der Waals surface area contributed by atoms with Crippen molar-refractivity contribution < 1.29 is 9.53 Å². The lowest BCUT2D eigenvalue weighted by Gasteiger charge is -2.28. The number of ether oxygens (including phenoxy) is 1. The monoisotopic (exact) mass is 420 g/mol. The van der Waals surface area contributed by atoms with Gasteiger partial charge >= 0.3 is 0 Å². The van der Waals surface area contributed by atoms with E-state index in [-0.39, 0.29) is 11.2 Å². The van der Waals surface area contributed by atoms with Crippen molar-refractivity contribution in [2.75, 3.05) is 36.5 Å². The minimum Gasteiger partial charge on any atom is -0.378 e. The van der Waals surface area contributed by atoms with Crippen LogP contribution in [-0.4, -0.2) is 37.5 Å². The molecule has 0 aromatic heterocycles. The van der Waals surface area contributed by atoms with E-state index in [1.54, 1.807) is 11.8 Å². The Bertz CT molecular complexity index is 718. The maximum absolute atomic E-state index is 12.4. The number of halogens is 1. The number of benzene rings is 2. The molecule has 25 heavy (non-hydrogen) atoms. The van der Waals surface area contributed by atoms with Crippen molar-refractivity contribution in [3.63, 3.8) is 0 Å². The largest absolute Gasteiger partial charge is 0.378 e. The van der Waals surface area contributed by atoms with E-state index >= 15 is 0 Å². The van der Waals surface area contributed by atoms with E-state index in [9.17, 15) is 4.79 Å². The van der Waals surface area contributed by atoms with Gasteiger partial charge in [0.2, 0.25) is 5.91 Å². The first-order valence-corrected chi connectivity index (χ1v) is 9.95. The molecule has 1 fully saturated rings. The molecule has 1 saturated heterocycles. The van der Waals surface area contributed by atoms with E-state index in [4.69, 9.17) is 4.74 Å². The molecule has 0 spiro atoms. The zero-order valence-corrected chi connectivity index (χ0v) is 16.5. The molecule has 1 amide bonds. The highest BCUT2D eigenvalue weighted by atomic mass is 79.9. The average molecular weight is 421 g/mol. The molecule has 1 heterocycles. The Labute approximate surface area is 161 Å². The number of hydrogen-bond acceptors (Lipinski definition) is 4. The molecule has 1 atom stereocenters. The Balaban J connectivity index is 1.57. The lowest BCUT2D eigenvalue weighted by Crippen LogP contribution is -2.36. The van der Waals surface area contributed by atoms with Crippen LogP contribution >= 0.6 is 27.7 Å². The summed E-state index contributed by atoms with van der Waals surface area (Å²) in [6, 6.07) is 15.9. The van der Waals surface area contributed by atoms with Crippen LogP contribution in [0.2, 0.25) is 0 Å². The van der Waals surface area contributed by atoms with Crippen LogP contribution in [0.1, 0.15) is 6.92 Å². The van der Waals surface area contributed by atoms with E-state index in [0.717, 1.165) is 47.0 Å². The highest BCUT2D eigenvalue weighted by molar-refractivity contribution is 9.10. The fourth-order valence-electron chi connectivity index (χ4n) is 2.61. The number of amides is 1. The summed E-state index contributed by atoms with van der Waals surface area (Å²) in [5.41, 5.74) is 1.98. The summed E-state index contributed by atoms with van der Waals surface area (Å²) < 4.78 is 6.39. The van der Waals surface area contributed by atoms with Crippen LogP contribution in [0.25, 0.3) is 0 Å². The molecule has 2 aromatic carbocycles. The fraction of sp³-hybridized carbons (Fsp3) is 0.316. The molecule has 132 valence electrons. The van der Waals surface area contributed by atoms with Crippen molar-refractivity contribution in [3.05, 3.63) is 53.0 Å². The van der Waals surface area contributed by atoms with Gasteiger partial charge in [-0.05, 0) is 59.3 Å². The summed E-state index contributed by atoms with van der Waals surface area (Å²) in [6.45, 7) is 5.27. The maximum atomic E-state index is 12.4. The molecule has 6 heteroatoms. The van der Waals surface area contributed by atoms with E-state index in [2.05, 4.69) is 26.1 Å². The number of morpholine rings is 1. The van der Waals surface area contributed by atoms with E-state index < -0.39 is 0 Å². The Morgan fingerprint density at radius 1 is 1.16 bits per heavy atom. The van der Waals surface area contributed by atoms with E-state index in [1.807, 2.05) is 55.5 Å². The Kier molecular flexibility index (Phi) is 6.39. The van der Waals surface area contributed by atoms with Gasteiger partial charge in [0.15, 0.2) is 0 Å². The standard InChI is InChI=1S/C19H21BrN2O2S/c1-14(25-18-5-3-2-4-17(18)20)19(23)21-15-6-8-16(9-7-15)22-10-12-24-13-11-22/h2-9,14H,10-13H2,1H3,(H,21,23). The number of thioether (sulfide) groups is 1. The topological polar surface area (TPSA) is 41.6 Å². The SMILES string of the molecule is CC(Sc1ccccc1Br)C(=O)Nc1ccc(N2CCOCC2)cc1. The first kappa shape index (κ1) is 18.3. The molecule has 1 unspecified atom stereocenters. The summed E-state index contributed by atoms with van der Waals surface area (Å²) in [6.07, 6.45) is 0. The van der Waals surface area contributed by atoms with Gasteiger partial charge in [-0.25, -0.2) is 0 Å². The summed E-state index contributed by atoms with van der Waals surface area (Å²) in [5, 5.41) is 2.81. The number of carbonyl (C=O) groups is 1. The predicted octanol–water partition coefficient (Wildman–Crippen LogP) is 4.41. The zero-order chi connectivity index (χ0) is 17.6. The van der Waals surface area contributed by atoms with Crippen molar-refractivity contribution in [3.8, 4) is 0 Å². The molecule has 1 N–H and O–H groups in total. The molecule has 2 aromatic rings. The third-order valence-corrected chi connectivity index (χ3v) is 6.15. The number of carbonyl (C=O) groups excluding carboxylic acids is 1. The van der Waals surface area contributed by atoms with Crippen LogP contribution in [0.3, 0.4) is 0 Å². The first-order chi connectivity index (χ1) is 12.1. The molecule has 4 nitrogen and oxygen atoms in total. The summed E-state index contributed by atoms with van der Waals surface area (Å²) in [4.78, 5) is 15.8. The highest BCUT2D eigenvalue weighted by Crippen LogP contribution is 2.31. The van der Waals surface area contributed by atoms with Gasteiger partial charge in [0.1, 0.15) is 0 Å². The minimum absolute atomic E-state index is 0.000115. The van der Waals surface area contributed by atoms with Crippen molar-refractivity contribution in [2.45, 2.75) is 17.1 Å². The third kappa shape index (κ3) is 5.00. The molecule has 0 bridgehead atoms. The van der Waals surface area contributed by atoms with E-state index in [1.165, 1.54) is 0 Å². The van der Waals surface area contributed by atoms with E-state index in [0.29, 0.717) is 0 Å². The molecule has 3 rings (SSSR count).